The summed E-state index contributed by atoms with van der Waals surface area (Å²) in [4.78, 5) is 12.8. The molecule has 0 aromatic carbocycles. The molecule has 0 atom stereocenters. The Morgan fingerprint density at radius 3 is 2.20 bits per heavy atom. The minimum Gasteiger partial charge on any atom is -0.480 e. The summed E-state index contributed by atoms with van der Waals surface area (Å²) < 4.78 is 0. The molecule has 0 spiro atoms. The highest BCUT2D eigenvalue weighted by Crippen LogP contribution is 2.21. The number of likely N-dealkylation sites (N-methyl/N-ethyl adjacent to an activating group) is 1. The summed E-state index contributed by atoms with van der Waals surface area (Å²) in [5.74, 6) is -0.695. The summed E-state index contributed by atoms with van der Waals surface area (Å²) >= 11 is 0. The monoisotopic (exact) mass is 213 g/mol. The number of hydrogen-bond donors (Lipinski definition) is 1. The molecular formula is C12H23NO2. The Bertz CT molecular complexity index is 186. The highest BCUT2D eigenvalue weighted by Gasteiger charge is 2.19. The standard InChI is InChI=1S/C12H23NO2/c1-2-13(10-12(14)15)11-8-6-4-3-5-7-9-11/h11H,2-10H2,1H3,(H,14,15). The van der Waals surface area contributed by atoms with Crippen LogP contribution in [0.25, 0.3) is 0 Å². The predicted molar refractivity (Wildman–Crippen MR) is 61.0 cm³/mol. The van der Waals surface area contributed by atoms with Gasteiger partial charge in [0, 0.05) is 6.04 Å². The number of rotatable bonds is 4. The lowest BCUT2D eigenvalue weighted by Crippen LogP contribution is -2.39. The molecule has 1 aliphatic carbocycles. The van der Waals surface area contributed by atoms with Crippen LogP contribution in [0.1, 0.15) is 51.9 Å². The molecule has 0 aromatic heterocycles. The van der Waals surface area contributed by atoms with Crippen molar-refractivity contribution in [1.82, 2.24) is 4.90 Å². The molecule has 0 amide bonds. The van der Waals surface area contributed by atoms with Crippen molar-refractivity contribution in [2.75, 3.05) is 13.1 Å². The summed E-state index contributed by atoms with van der Waals surface area (Å²) in [5.41, 5.74) is 0. The quantitative estimate of drug-likeness (QED) is 0.780. The fourth-order valence-electron chi connectivity index (χ4n) is 2.47. The second kappa shape index (κ2) is 6.83. The zero-order valence-electron chi connectivity index (χ0n) is 9.74. The second-order valence-corrected chi connectivity index (χ2v) is 4.46. The molecule has 1 fully saturated rings. The molecule has 88 valence electrons. The van der Waals surface area contributed by atoms with Gasteiger partial charge in [-0.05, 0) is 19.4 Å². The molecule has 1 aliphatic rings. The van der Waals surface area contributed by atoms with Gasteiger partial charge in [-0.2, -0.15) is 0 Å². The molecular weight excluding hydrogens is 190 g/mol. The van der Waals surface area contributed by atoms with Crippen LogP contribution in [0.2, 0.25) is 0 Å². The van der Waals surface area contributed by atoms with Crippen LogP contribution in [-0.4, -0.2) is 35.1 Å². The largest absolute Gasteiger partial charge is 0.480 e. The van der Waals surface area contributed by atoms with E-state index in [1.807, 2.05) is 0 Å². The Morgan fingerprint density at radius 2 is 1.73 bits per heavy atom. The van der Waals surface area contributed by atoms with Gasteiger partial charge < -0.3 is 5.11 Å². The Morgan fingerprint density at radius 1 is 1.20 bits per heavy atom. The van der Waals surface area contributed by atoms with Gasteiger partial charge in [0.15, 0.2) is 0 Å². The van der Waals surface area contributed by atoms with E-state index in [1.165, 1.54) is 44.9 Å². The van der Waals surface area contributed by atoms with Gasteiger partial charge in [0.1, 0.15) is 0 Å². The van der Waals surface area contributed by atoms with Crippen molar-refractivity contribution >= 4 is 5.97 Å². The molecule has 3 nitrogen and oxygen atoms in total. The Labute approximate surface area is 92.5 Å². The average Bonchev–Trinajstić information content (AvgIpc) is 2.14. The van der Waals surface area contributed by atoms with Crippen molar-refractivity contribution in [3.63, 3.8) is 0 Å². The third-order valence-electron chi connectivity index (χ3n) is 3.34. The first-order chi connectivity index (χ1) is 7.24. The fraction of sp³-hybridized carbons (Fsp3) is 0.917. The van der Waals surface area contributed by atoms with E-state index in [1.54, 1.807) is 0 Å². The van der Waals surface area contributed by atoms with Crippen LogP contribution in [0.5, 0.6) is 0 Å². The van der Waals surface area contributed by atoms with E-state index < -0.39 is 5.97 Å². The van der Waals surface area contributed by atoms with Crippen LogP contribution in [0, 0.1) is 0 Å². The second-order valence-electron chi connectivity index (χ2n) is 4.46. The van der Waals surface area contributed by atoms with Crippen molar-refractivity contribution in [3.8, 4) is 0 Å². The highest BCUT2D eigenvalue weighted by molar-refractivity contribution is 5.69. The van der Waals surface area contributed by atoms with Gasteiger partial charge >= 0.3 is 5.97 Å². The first kappa shape index (κ1) is 12.5. The molecule has 0 radical (unpaired) electrons. The van der Waals surface area contributed by atoms with E-state index in [0.29, 0.717) is 6.04 Å². The van der Waals surface area contributed by atoms with Crippen molar-refractivity contribution < 1.29 is 9.90 Å². The molecule has 0 aromatic rings. The van der Waals surface area contributed by atoms with Gasteiger partial charge in [-0.15, -0.1) is 0 Å². The molecule has 1 N–H and O–H groups in total. The van der Waals surface area contributed by atoms with E-state index >= 15 is 0 Å². The number of hydrogen-bond acceptors (Lipinski definition) is 2. The summed E-state index contributed by atoms with van der Waals surface area (Å²) in [7, 11) is 0. The van der Waals surface area contributed by atoms with Crippen LogP contribution in [0.15, 0.2) is 0 Å². The maximum atomic E-state index is 10.7. The Kier molecular flexibility index (Phi) is 5.69. The Balaban J connectivity index is 2.44. The van der Waals surface area contributed by atoms with Gasteiger partial charge in [-0.1, -0.05) is 39.0 Å². The molecule has 1 saturated carbocycles. The van der Waals surface area contributed by atoms with Crippen LogP contribution in [0.4, 0.5) is 0 Å². The molecule has 0 bridgehead atoms. The number of carboxylic acid groups (broad SMARTS) is 1. The molecule has 3 heteroatoms. The average molecular weight is 213 g/mol. The first-order valence-electron chi connectivity index (χ1n) is 6.20. The van der Waals surface area contributed by atoms with Gasteiger partial charge in [-0.3, -0.25) is 9.69 Å². The van der Waals surface area contributed by atoms with Gasteiger partial charge in [0.2, 0.25) is 0 Å². The van der Waals surface area contributed by atoms with E-state index in [0.717, 1.165) is 6.54 Å². The molecule has 0 heterocycles. The maximum absolute atomic E-state index is 10.7. The topological polar surface area (TPSA) is 40.5 Å². The lowest BCUT2D eigenvalue weighted by molar-refractivity contribution is -0.139. The first-order valence-corrected chi connectivity index (χ1v) is 6.20. The fourth-order valence-corrected chi connectivity index (χ4v) is 2.47. The third kappa shape index (κ3) is 4.65. The number of carboxylic acids is 1. The van der Waals surface area contributed by atoms with Crippen LogP contribution in [-0.2, 0) is 4.79 Å². The predicted octanol–water partition coefficient (Wildman–Crippen LogP) is 2.51. The van der Waals surface area contributed by atoms with Crippen LogP contribution in [0.3, 0.4) is 0 Å². The van der Waals surface area contributed by atoms with Crippen molar-refractivity contribution in [2.45, 2.75) is 57.9 Å². The molecule has 1 rings (SSSR count). The summed E-state index contributed by atoms with van der Waals surface area (Å²) in [6.07, 6.45) is 8.89. The number of nitrogens with zero attached hydrogens (tertiary/aromatic N) is 1. The number of carbonyl (C=O) groups is 1. The lowest BCUT2D eigenvalue weighted by Gasteiger charge is -2.30. The summed E-state index contributed by atoms with van der Waals surface area (Å²) in [5, 5.41) is 8.83. The molecule has 0 unspecified atom stereocenters. The van der Waals surface area contributed by atoms with E-state index in [2.05, 4.69) is 11.8 Å². The van der Waals surface area contributed by atoms with Crippen LogP contribution < -0.4 is 0 Å². The normalized spacial score (nSPS) is 19.9. The Hall–Kier alpha value is -0.570. The van der Waals surface area contributed by atoms with Gasteiger partial charge in [0.05, 0.1) is 6.54 Å². The van der Waals surface area contributed by atoms with Crippen LogP contribution >= 0.6 is 0 Å². The lowest BCUT2D eigenvalue weighted by atomic mass is 9.95. The minimum absolute atomic E-state index is 0.209. The van der Waals surface area contributed by atoms with E-state index in [9.17, 15) is 4.79 Å². The van der Waals surface area contributed by atoms with Gasteiger partial charge in [-0.25, -0.2) is 0 Å². The van der Waals surface area contributed by atoms with Crippen molar-refractivity contribution in [1.29, 1.82) is 0 Å². The minimum atomic E-state index is -0.695. The summed E-state index contributed by atoms with van der Waals surface area (Å²) in [6, 6.07) is 0.506. The SMILES string of the molecule is CCN(CC(=O)O)C1CCCCCCC1. The van der Waals surface area contributed by atoms with E-state index in [4.69, 9.17) is 5.11 Å². The zero-order chi connectivity index (χ0) is 11.1. The number of aliphatic carboxylic acids is 1. The molecule has 0 saturated heterocycles. The van der Waals surface area contributed by atoms with Crippen molar-refractivity contribution in [3.05, 3.63) is 0 Å². The molecule has 0 aliphatic heterocycles. The molecule has 15 heavy (non-hydrogen) atoms. The zero-order valence-corrected chi connectivity index (χ0v) is 9.74. The van der Waals surface area contributed by atoms with Crippen molar-refractivity contribution in [2.24, 2.45) is 0 Å². The smallest absolute Gasteiger partial charge is 0.317 e. The van der Waals surface area contributed by atoms with E-state index in [-0.39, 0.29) is 6.54 Å². The summed E-state index contributed by atoms with van der Waals surface area (Å²) in [6.45, 7) is 3.12. The third-order valence-corrected chi connectivity index (χ3v) is 3.34. The maximum Gasteiger partial charge on any atom is 0.317 e. The van der Waals surface area contributed by atoms with Gasteiger partial charge in [0.25, 0.3) is 0 Å². The highest BCUT2D eigenvalue weighted by atomic mass is 16.4.